The highest BCUT2D eigenvalue weighted by Gasteiger charge is 2.32. The van der Waals surface area contributed by atoms with Gasteiger partial charge in [0.1, 0.15) is 0 Å². The predicted octanol–water partition coefficient (Wildman–Crippen LogP) is 3.08. The highest BCUT2D eigenvalue weighted by atomic mass is 19.4. The van der Waals surface area contributed by atoms with Crippen molar-refractivity contribution < 1.29 is 26.7 Å². The second kappa shape index (κ2) is 6.06. The van der Waals surface area contributed by atoms with Crippen LogP contribution in [0.2, 0.25) is 0 Å². The molecule has 0 bridgehead atoms. The summed E-state index contributed by atoms with van der Waals surface area (Å²) in [7, 11) is 2.53. The van der Waals surface area contributed by atoms with Gasteiger partial charge in [0.05, 0.1) is 17.7 Å². The van der Waals surface area contributed by atoms with Crippen molar-refractivity contribution in [1.29, 1.82) is 0 Å². The van der Waals surface area contributed by atoms with E-state index >= 15 is 0 Å². The number of rotatable bonds is 4. The van der Waals surface area contributed by atoms with Crippen LogP contribution in [0.1, 0.15) is 15.9 Å². The summed E-state index contributed by atoms with van der Waals surface area (Å²) in [5, 5.41) is 2.56. The summed E-state index contributed by atoms with van der Waals surface area (Å²) >= 11 is 0. The molecule has 1 N–H and O–H groups in total. The fourth-order valence-corrected chi connectivity index (χ4v) is 1.61. The van der Waals surface area contributed by atoms with Crippen molar-refractivity contribution in [3.8, 4) is 0 Å². The zero-order chi connectivity index (χ0) is 15.5. The van der Waals surface area contributed by atoms with Crippen LogP contribution in [0, 0.1) is 0 Å². The van der Waals surface area contributed by atoms with Gasteiger partial charge in [-0.3, -0.25) is 4.79 Å². The Morgan fingerprint density at radius 3 is 2.40 bits per heavy atom. The highest BCUT2D eigenvalue weighted by Crippen LogP contribution is 2.32. The SMILES string of the molecule is CNc1ccc(C(F)(F)F)cc1C(=O)N(C)CC(F)F. The molecule has 0 heterocycles. The molecule has 0 aromatic heterocycles. The molecule has 1 aromatic rings. The van der Waals surface area contributed by atoms with E-state index in [0.29, 0.717) is 11.0 Å². The minimum Gasteiger partial charge on any atom is -0.387 e. The molecule has 0 unspecified atom stereocenters. The predicted molar refractivity (Wildman–Crippen MR) is 64.0 cm³/mol. The molecule has 0 spiro atoms. The number of carbonyl (C=O) groups is 1. The molecule has 1 aromatic carbocycles. The molecule has 3 nitrogen and oxygen atoms in total. The first-order chi connectivity index (χ1) is 9.16. The van der Waals surface area contributed by atoms with E-state index < -0.39 is 30.6 Å². The number of hydrogen-bond donors (Lipinski definition) is 1. The normalized spacial score (nSPS) is 11.6. The van der Waals surface area contributed by atoms with E-state index in [0.717, 1.165) is 19.2 Å². The molecular weight excluding hydrogens is 283 g/mol. The van der Waals surface area contributed by atoms with Gasteiger partial charge in [0, 0.05) is 19.8 Å². The van der Waals surface area contributed by atoms with Crippen molar-refractivity contribution in [3.63, 3.8) is 0 Å². The molecule has 0 aliphatic rings. The third-order valence-corrected chi connectivity index (χ3v) is 2.61. The Hall–Kier alpha value is -1.86. The number of carbonyl (C=O) groups excluding carboxylic acids is 1. The van der Waals surface area contributed by atoms with Gasteiger partial charge in [-0.15, -0.1) is 0 Å². The third kappa shape index (κ3) is 3.82. The summed E-state index contributed by atoms with van der Waals surface area (Å²) in [5.74, 6) is -0.902. The monoisotopic (exact) mass is 296 g/mol. The molecule has 112 valence electrons. The van der Waals surface area contributed by atoms with E-state index in [9.17, 15) is 26.7 Å². The quantitative estimate of drug-likeness (QED) is 0.866. The Morgan fingerprint density at radius 2 is 1.95 bits per heavy atom. The maximum atomic E-state index is 12.6. The average molecular weight is 296 g/mol. The van der Waals surface area contributed by atoms with E-state index in [4.69, 9.17) is 0 Å². The van der Waals surface area contributed by atoms with Gasteiger partial charge < -0.3 is 10.2 Å². The van der Waals surface area contributed by atoms with E-state index in [-0.39, 0.29) is 11.3 Å². The summed E-state index contributed by atoms with van der Waals surface area (Å²) in [4.78, 5) is 12.6. The number of amides is 1. The standard InChI is InChI=1S/C12H13F5N2O/c1-18-9-4-3-7(12(15,16)17)5-8(9)11(20)19(2)6-10(13)14/h3-5,10,18H,6H2,1-2H3. The van der Waals surface area contributed by atoms with Gasteiger partial charge in [-0.2, -0.15) is 13.2 Å². The van der Waals surface area contributed by atoms with Crippen LogP contribution in [-0.4, -0.2) is 37.9 Å². The topological polar surface area (TPSA) is 32.3 Å². The lowest BCUT2D eigenvalue weighted by molar-refractivity contribution is -0.137. The van der Waals surface area contributed by atoms with Crippen LogP contribution < -0.4 is 5.32 Å². The van der Waals surface area contributed by atoms with Crippen molar-refractivity contribution in [1.82, 2.24) is 4.90 Å². The fraction of sp³-hybridized carbons (Fsp3) is 0.417. The van der Waals surface area contributed by atoms with Gasteiger partial charge in [0.25, 0.3) is 12.3 Å². The minimum atomic E-state index is -4.61. The smallest absolute Gasteiger partial charge is 0.387 e. The van der Waals surface area contributed by atoms with Crippen molar-refractivity contribution in [2.24, 2.45) is 0 Å². The Morgan fingerprint density at radius 1 is 1.35 bits per heavy atom. The summed E-state index contributed by atoms with van der Waals surface area (Å²) < 4.78 is 62.3. The Kier molecular flexibility index (Phi) is 4.91. The molecule has 8 heteroatoms. The van der Waals surface area contributed by atoms with Crippen LogP contribution in [0.3, 0.4) is 0 Å². The first kappa shape index (κ1) is 16.2. The number of nitrogens with zero attached hydrogens (tertiary/aromatic N) is 1. The number of hydrogen-bond acceptors (Lipinski definition) is 2. The van der Waals surface area contributed by atoms with E-state index in [1.807, 2.05) is 0 Å². The minimum absolute atomic E-state index is 0.143. The Balaban J connectivity index is 3.17. The number of alkyl halides is 5. The molecule has 20 heavy (non-hydrogen) atoms. The first-order valence-corrected chi connectivity index (χ1v) is 5.59. The van der Waals surface area contributed by atoms with Crippen LogP contribution in [0.15, 0.2) is 18.2 Å². The van der Waals surface area contributed by atoms with Crippen LogP contribution in [0.4, 0.5) is 27.6 Å². The molecule has 0 saturated carbocycles. The lowest BCUT2D eigenvalue weighted by Crippen LogP contribution is -2.32. The molecule has 0 saturated heterocycles. The van der Waals surface area contributed by atoms with E-state index in [1.54, 1.807) is 0 Å². The van der Waals surface area contributed by atoms with Crippen LogP contribution >= 0.6 is 0 Å². The van der Waals surface area contributed by atoms with Crippen molar-refractivity contribution >= 4 is 11.6 Å². The van der Waals surface area contributed by atoms with Gasteiger partial charge in [-0.1, -0.05) is 0 Å². The molecule has 0 aliphatic heterocycles. The third-order valence-electron chi connectivity index (χ3n) is 2.61. The van der Waals surface area contributed by atoms with E-state index in [1.165, 1.54) is 7.05 Å². The van der Waals surface area contributed by atoms with Gasteiger partial charge in [0.15, 0.2) is 0 Å². The summed E-state index contributed by atoms with van der Waals surface area (Å²) in [6.07, 6.45) is -7.37. The van der Waals surface area contributed by atoms with Crippen LogP contribution in [-0.2, 0) is 6.18 Å². The average Bonchev–Trinajstić information content (AvgIpc) is 2.35. The van der Waals surface area contributed by atoms with Gasteiger partial charge in [0.2, 0.25) is 0 Å². The maximum absolute atomic E-state index is 12.6. The van der Waals surface area contributed by atoms with Crippen LogP contribution in [0.25, 0.3) is 0 Å². The molecule has 0 atom stereocenters. The number of halogens is 5. The molecule has 1 rings (SSSR count). The Labute approximate surface area is 112 Å². The summed E-state index contributed by atoms with van der Waals surface area (Å²) in [5.41, 5.74) is -1.17. The van der Waals surface area contributed by atoms with Gasteiger partial charge in [-0.05, 0) is 18.2 Å². The number of benzene rings is 1. The van der Waals surface area contributed by atoms with Gasteiger partial charge in [-0.25, -0.2) is 8.78 Å². The Bertz CT molecular complexity index is 487. The second-order valence-corrected chi connectivity index (χ2v) is 4.08. The summed E-state index contributed by atoms with van der Waals surface area (Å²) in [6, 6.07) is 2.55. The van der Waals surface area contributed by atoms with Crippen molar-refractivity contribution in [3.05, 3.63) is 29.3 Å². The zero-order valence-corrected chi connectivity index (χ0v) is 10.8. The molecular formula is C12H13F5N2O. The largest absolute Gasteiger partial charge is 0.416 e. The molecule has 0 aliphatic carbocycles. The van der Waals surface area contributed by atoms with Crippen molar-refractivity contribution in [2.45, 2.75) is 12.6 Å². The first-order valence-electron chi connectivity index (χ1n) is 5.59. The molecule has 1 amide bonds. The molecule has 0 radical (unpaired) electrons. The number of anilines is 1. The zero-order valence-electron chi connectivity index (χ0n) is 10.8. The summed E-state index contributed by atoms with van der Waals surface area (Å²) in [6.45, 7) is -0.849. The lowest BCUT2D eigenvalue weighted by atomic mass is 10.1. The van der Waals surface area contributed by atoms with Crippen LogP contribution in [0.5, 0.6) is 0 Å². The highest BCUT2D eigenvalue weighted by molar-refractivity contribution is 5.99. The maximum Gasteiger partial charge on any atom is 0.416 e. The second-order valence-electron chi connectivity index (χ2n) is 4.08. The van der Waals surface area contributed by atoms with Gasteiger partial charge >= 0.3 is 6.18 Å². The van der Waals surface area contributed by atoms with E-state index in [2.05, 4.69) is 5.32 Å². The van der Waals surface area contributed by atoms with Crippen molar-refractivity contribution in [2.75, 3.05) is 26.0 Å². The lowest BCUT2D eigenvalue weighted by Gasteiger charge is -2.19. The molecule has 0 fully saturated rings. The fourth-order valence-electron chi connectivity index (χ4n) is 1.61. The number of nitrogens with one attached hydrogen (secondary N) is 1.